The van der Waals surface area contributed by atoms with Crippen LogP contribution in [0.1, 0.15) is 53.6 Å². The molecule has 40 heavy (non-hydrogen) atoms. The van der Waals surface area contributed by atoms with Gasteiger partial charge < -0.3 is 15.2 Å². The molecule has 0 amide bonds. The van der Waals surface area contributed by atoms with E-state index in [4.69, 9.17) is 4.74 Å². The number of alkyl halides is 3. The van der Waals surface area contributed by atoms with E-state index in [1.807, 2.05) is 32.0 Å². The number of nitrogens with zero attached hydrogens (tertiary/aromatic N) is 2. The van der Waals surface area contributed by atoms with Crippen LogP contribution in [-0.4, -0.2) is 45.9 Å². The monoisotopic (exact) mass is 572 g/mol. The first-order chi connectivity index (χ1) is 19.0. The molecule has 1 aromatic heterocycles. The van der Waals surface area contributed by atoms with Crippen molar-refractivity contribution in [3.8, 4) is 17.1 Å². The topological polar surface area (TPSA) is 96.4 Å². The number of carbonyl (C=O) groups is 1. The van der Waals surface area contributed by atoms with Gasteiger partial charge in [-0.05, 0) is 86.2 Å². The van der Waals surface area contributed by atoms with Gasteiger partial charge in [0.05, 0.1) is 23.7 Å². The van der Waals surface area contributed by atoms with Gasteiger partial charge in [-0.2, -0.15) is 18.2 Å². The van der Waals surface area contributed by atoms with Crippen LogP contribution in [0.3, 0.4) is 0 Å². The molecule has 2 aliphatic carbocycles. The number of halogens is 3. The summed E-state index contributed by atoms with van der Waals surface area (Å²) in [5.74, 6) is -0.699. The molecule has 3 aromatic rings. The van der Waals surface area contributed by atoms with Crippen LogP contribution in [0.2, 0.25) is 0 Å². The Labute approximate surface area is 235 Å². The van der Waals surface area contributed by atoms with Crippen LogP contribution < -0.4 is 14.8 Å². The number of ether oxygens (including phenoxy) is 1. The third-order valence-corrected chi connectivity index (χ3v) is 8.25. The van der Waals surface area contributed by atoms with Gasteiger partial charge in [-0.15, -0.1) is 0 Å². The minimum atomic E-state index is -4.33. The zero-order valence-corrected chi connectivity index (χ0v) is 23.0. The van der Waals surface area contributed by atoms with Crippen LogP contribution in [-0.2, 0) is 0 Å². The minimum Gasteiger partial charge on any atom is -0.478 e. The molecule has 2 fully saturated rings. The lowest BCUT2D eigenvalue weighted by atomic mass is 9.76. The molecule has 212 valence electrons. The van der Waals surface area contributed by atoms with Crippen molar-refractivity contribution in [1.82, 2.24) is 15.3 Å². The summed E-state index contributed by atoms with van der Waals surface area (Å²) in [7, 11) is 0. The Morgan fingerprint density at radius 3 is 2.48 bits per heavy atom. The molecule has 0 aliphatic heterocycles. The van der Waals surface area contributed by atoms with Crippen molar-refractivity contribution in [2.75, 3.05) is 11.3 Å². The molecule has 11 heteroatoms. The standard InChI is InChI=1S/C29H31F3N4O3S/c1-17-5-3-6-18(2)25(17)23-12-24(35-27(34-23)36-40-22-8-4-7-19(11-22)26(37)38)39-16-21(15-29(30,31)32)33-20-13-28(14-20)9-10-28/h3-8,11-12,20-21,33H,9-10,13-16H2,1-2H3,(H,37,38)(H,34,35,36). The number of hydrogen-bond acceptors (Lipinski definition) is 7. The summed E-state index contributed by atoms with van der Waals surface area (Å²) < 4.78 is 49.1. The second-order valence-electron chi connectivity index (χ2n) is 10.8. The highest BCUT2D eigenvalue weighted by Gasteiger charge is 2.53. The smallest absolute Gasteiger partial charge is 0.390 e. The van der Waals surface area contributed by atoms with Gasteiger partial charge in [-0.3, -0.25) is 4.72 Å². The Bertz CT molecular complexity index is 1370. The SMILES string of the molecule is Cc1cccc(C)c1-c1cc(OCC(CC(F)(F)F)NC2CC3(CC3)C2)nc(NSc2cccc(C(=O)O)c2)n1. The Morgan fingerprint density at radius 1 is 1.12 bits per heavy atom. The zero-order chi connectivity index (χ0) is 28.5. The molecule has 0 saturated heterocycles. The van der Waals surface area contributed by atoms with E-state index in [0.717, 1.165) is 41.5 Å². The largest absolute Gasteiger partial charge is 0.478 e. The van der Waals surface area contributed by atoms with Crippen molar-refractivity contribution in [1.29, 1.82) is 0 Å². The number of hydrogen-bond donors (Lipinski definition) is 3. The Morgan fingerprint density at radius 2 is 1.82 bits per heavy atom. The minimum absolute atomic E-state index is 0.0734. The molecule has 2 aromatic carbocycles. The first-order valence-electron chi connectivity index (χ1n) is 13.2. The number of aromatic nitrogens is 2. The summed E-state index contributed by atoms with van der Waals surface area (Å²) in [6.45, 7) is 3.72. The van der Waals surface area contributed by atoms with E-state index >= 15 is 0 Å². The molecule has 0 bridgehead atoms. The number of rotatable bonds is 11. The fourth-order valence-corrected chi connectivity index (χ4v) is 5.97. The molecule has 2 saturated carbocycles. The van der Waals surface area contributed by atoms with Crippen molar-refractivity contribution >= 4 is 23.9 Å². The zero-order valence-electron chi connectivity index (χ0n) is 22.2. The second-order valence-corrected chi connectivity index (χ2v) is 11.7. The molecule has 1 unspecified atom stereocenters. The summed E-state index contributed by atoms with van der Waals surface area (Å²) in [6.07, 6.45) is -1.15. The maximum atomic E-state index is 13.4. The van der Waals surface area contributed by atoms with E-state index in [1.54, 1.807) is 18.2 Å². The van der Waals surface area contributed by atoms with Gasteiger partial charge in [0.2, 0.25) is 11.8 Å². The predicted octanol–water partition coefficient (Wildman–Crippen LogP) is 6.81. The summed E-state index contributed by atoms with van der Waals surface area (Å²) in [6, 6.07) is 13.1. The molecule has 1 heterocycles. The van der Waals surface area contributed by atoms with Crippen LogP contribution in [0.5, 0.6) is 5.88 Å². The van der Waals surface area contributed by atoms with Crippen molar-refractivity contribution in [2.24, 2.45) is 5.41 Å². The first-order valence-corrected chi connectivity index (χ1v) is 14.0. The van der Waals surface area contributed by atoms with E-state index in [1.165, 1.54) is 25.0 Å². The van der Waals surface area contributed by atoms with E-state index in [-0.39, 0.29) is 30.0 Å². The number of aryl methyl sites for hydroxylation is 2. The van der Waals surface area contributed by atoms with E-state index in [2.05, 4.69) is 20.0 Å². The van der Waals surface area contributed by atoms with Gasteiger partial charge in [-0.25, -0.2) is 9.78 Å². The van der Waals surface area contributed by atoms with Gasteiger partial charge in [0, 0.05) is 22.6 Å². The number of carboxylic acid groups (broad SMARTS) is 1. The third-order valence-electron chi connectivity index (χ3n) is 7.48. The molecule has 2 aliphatic rings. The third kappa shape index (κ3) is 7.06. The highest BCUT2D eigenvalue weighted by Crippen LogP contribution is 2.60. The van der Waals surface area contributed by atoms with Crippen molar-refractivity contribution in [3.63, 3.8) is 0 Å². The van der Waals surface area contributed by atoms with Gasteiger partial charge in [0.1, 0.15) is 6.61 Å². The summed E-state index contributed by atoms with van der Waals surface area (Å²) in [4.78, 5) is 21.0. The molecular formula is C29H31F3N4O3S. The number of anilines is 1. The van der Waals surface area contributed by atoms with E-state index < -0.39 is 24.6 Å². The molecule has 3 N–H and O–H groups in total. The maximum Gasteiger partial charge on any atom is 0.390 e. The fourth-order valence-electron chi connectivity index (χ4n) is 5.34. The van der Waals surface area contributed by atoms with Gasteiger partial charge in [-0.1, -0.05) is 24.3 Å². The Hall–Kier alpha value is -3.31. The van der Waals surface area contributed by atoms with Crippen molar-refractivity contribution < 1.29 is 27.8 Å². The predicted molar refractivity (Wildman–Crippen MR) is 148 cm³/mol. The highest BCUT2D eigenvalue weighted by molar-refractivity contribution is 8.00. The molecule has 5 rings (SSSR count). The number of carboxylic acids is 1. The normalized spacial score (nSPS) is 16.8. The lowest BCUT2D eigenvalue weighted by Crippen LogP contribution is -2.50. The molecular weight excluding hydrogens is 541 g/mol. The summed E-state index contributed by atoms with van der Waals surface area (Å²) in [5.41, 5.74) is 3.92. The summed E-state index contributed by atoms with van der Waals surface area (Å²) in [5, 5.41) is 12.4. The average molecular weight is 573 g/mol. The first kappa shape index (κ1) is 28.2. The van der Waals surface area contributed by atoms with Crippen LogP contribution in [0.4, 0.5) is 19.1 Å². The highest BCUT2D eigenvalue weighted by atomic mass is 32.2. The van der Waals surface area contributed by atoms with Gasteiger partial charge in [0.15, 0.2) is 0 Å². The van der Waals surface area contributed by atoms with Gasteiger partial charge in [0.25, 0.3) is 0 Å². The lowest BCUT2D eigenvalue weighted by Gasteiger charge is -2.39. The second kappa shape index (κ2) is 11.3. The molecule has 1 spiro atoms. The van der Waals surface area contributed by atoms with E-state index in [9.17, 15) is 23.1 Å². The van der Waals surface area contributed by atoms with Crippen LogP contribution in [0.25, 0.3) is 11.3 Å². The maximum absolute atomic E-state index is 13.4. The number of aromatic carboxylic acids is 1. The number of nitrogens with one attached hydrogen (secondary N) is 2. The Balaban J connectivity index is 1.36. The molecule has 7 nitrogen and oxygen atoms in total. The summed E-state index contributed by atoms with van der Waals surface area (Å²) >= 11 is 1.13. The van der Waals surface area contributed by atoms with Gasteiger partial charge >= 0.3 is 12.1 Å². The Kier molecular flexibility index (Phi) is 7.96. The molecule has 1 atom stereocenters. The number of benzene rings is 2. The van der Waals surface area contributed by atoms with Crippen molar-refractivity contribution in [3.05, 3.63) is 65.2 Å². The van der Waals surface area contributed by atoms with Crippen LogP contribution >= 0.6 is 11.9 Å². The lowest BCUT2D eigenvalue weighted by molar-refractivity contribution is -0.142. The average Bonchev–Trinajstić information content (AvgIpc) is 3.66. The van der Waals surface area contributed by atoms with E-state index in [0.29, 0.717) is 16.0 Å². The van der Waals surface area contributed by atoms with Crippen molar-refractivity contribution in [2.45, 2.75) is 69.1 Å². The molecule has 0 radical (unpaired) electrons. The quantitative estimate of drug-likeness (QED) is 0.216. The fraction of sp³-hybridized carbons (Fsp3) is 0.414. The van der Waals surface area contributed by atoms with Crippen LogP contribution in [0.15, 0.2) is 53.4 Å². The van der Waals surface area contributed by atoms with Crippen LogP contribution in [0, 0.1) is 19.3 Å².